The Morgan fingerprint density at radius 3 is 2.05 bits per heavy atom. The van der Waals surface area contributed by atoms with Crippen LogP contribution in [0.1, 0.15) is 80.5 Å². The molecule has 7 heteroatoms. The number of benzene rings is 3. The molecule has 0 radical (unpaired) electrons. The molecule has 1 atom stereocenters. The first kappa shape index (κ1) is 28.5. The van der Waals surface area contributed by atoms with E-state index in [1.54, 1.807) is 54.6 Å². The van der Waals surface area contributed by atoms with Crippen LogP contribution in [0.3, 0.4) is 0 Å². The molecule has 3 aromatic carbocycles. The van der Waals surface area contributed by atoms with Gasteiger partial charge in [0.15, 0.2) is 0 Å². The van der Waals surface area contributed by atoms with Gasteiger partial charge in [0, 0.05) is 18.0 Å². The molecule has 40 heavy (non-hydrogen) atoms. The standard InChI is InChI=1S/C33H33NO6/c1-19(2)23-14-10-15-24(20(3)4)30(23)34-32(38)27(36)18-22(35)17-26(21-11-6-5-7-12-21)29-31(37)25-13-8-9-16-28(25)40-33(29)39/h5-16,19-20,26,37H,17-18H2,1-4H3,(H,34,38). The predicted octanol–water partition coefficient (Wildman–Crippen LogP) is 6.43. The normalized spacial score (nSPS) is 12.1. The predicted molar refractivity (Wildman–Crippen MR) is 155 cm³/mol. The van der Waals surface area contributed by atoms with Gasteiger partial charge in [-0.15, -0.1) is 0 Å². The fraction of sp³-hybridized carbons (Fsp3) is 0.273. The number of hydrogen-bond acceptors (Lipinski definition) is 6. The van der Waals surface area contributed by atoms with E-state index < -0.39 is 35.4 Å². The first-order chi connectivity index (χ1) is 19.1. The van der Waals surface area contributed by atoms with Crippen molar-refractivity contribution in [1.82, 2.24) is 0 Å². The van der Waals surface area contributed by atoms with Crippen LogP contribution in [0, 0.1) is 0 Å². The number of carbonyl (C=O) groups excluding carboxylic acids is 3. The van der Waals surface area contributed by atoms with E-state index in [1.165, 1.54) is 0 Å². The minimum absolute atomic E-state index is 0.0670. The molecule has 0 aliphatic heterocycles. The van der Waals surface area contributed by atoms with Crippen LogP contribution in [0.5, 0.6) is 5.75 Å². The average Bonchev–Trinajstić information content (AvgIpc) is 2.92. The maximum atomic E-state index is 13.2. The summed E-state index contributed by atoms with van der Waals surface area (Å²) in [5, 5.41) is 14.1. The first-order valence-electron chi connectivity index (χ1n) is 13.4. The Labute approximate surface area is 232 Å². The van der Waals surface area contributed by atoms with Gasteiger partial charge in [0.25, 0.3) is 5.91 Å². The van der Waals surface area contributed by atoms with Gasteiger partial charge in [0.05, 0.1) is 17.4 Å². The van der Waals surface area contributed by atoms with Crippen LogP contribution in [-0.2, 0) is 14.4 Å². The molecule has 0 saturated heterocycles. The van der Waals surface area contributed by atoms with Crippen molar-refractivity contribution in [2.75, 3.05) is 5.32 Å². The van der Waals surface area contributed by atoms with Crippen LogP contribution in [-0.4, -0.2) is 22.6 Å². The zero-order valence-corrected chi connectivity index (χ0v) is 23.1. The van der Waals surface area contributed by atoms with Gasteiger partial charge >= 0.3 is 5.63 Å². The Hall–Kier alpha value is -4.52. The Kier molecular flexibility index (Phi) is 8.63. The molecule has 206 valence electrons. The molecule has 1 unspecified atom stereocenters. The minimum Gasteiger partial charge on any atom is -0.507 e. The number of ketones is 2. The summed E-state index contributed by atoms with van der Waals surface area (Å²) in [6, 6.07) is 21.1. The maximum absolute atomic E-state index is 13.2. The number of para-hydroxylation sites is 2. The highest BCUT2D eigenvalue weighted by atomic mass is 16.4. The van der Waals surface area contributed by atoms with Crippen LogP contribution < -0.4 is 10.9 Å². The number of anilines is 1. The molecule has 0 saturated carbocycles. The van der Waals surface area contributed by atoms with Crippen LogP contribution in [0.2, 0.25) is 0 Å². The number of hydrogen-bond donors (Lipinski definition) is 2. The van der Waals surface area contributed by atoms with Crippen LogP contribution in [0.25, 0.3) is 11.0 Å². The van der Waals surface area contributed by atoms with Gasteiger partial charge in [-0.05, 0) is 40.7 Å². The molecule has 0 bridgehead atoms. The van der Waals surface area contributed by atoms with E-state index in [0.717, 1.165) is 11.1 Å². The van der Waals surface area contributed by atoms with Crippen LogP contribution in [0.4, 0.5) is 5.69 Å². The third kappa shape index (κ3) is 6.04. The van der Waals surface area contributed by atoms with Gasteiger partial charge < -0.3 is 14.8 Å². The second-order valence-corrected chi connectivity index (χ2v) is 10.5. The van der Waals surface area contributed by atoms with Crippen molar-refractivity contribution in [2.45, 2.75) is 58.3 Å². The van der Waals surface area contributed by atoms with E-state index in [4.69, 9.17) is 4.42 Å². The number of amides is 1. The van der Waals surface area contributed by atoms with Gasteiger partial charge in [-0.3, -0.25) is 14.4 Å². The third-order valence-electron chi connectivity index (χ3n) is 7.02. The van der Waals surface area contributed by atoms with Gasteiger partial charge in [0.1, 0.15) is 17.1 Å². The second-order valence-electron chi connectivity index (χ2n) is 10.5. The fourth-order valence-corrected chi connectivity index (χ4v) is 4.96. The van der Waals surface area contributed by atoms with Crippen molar-refractivity contribution < 1.29 is 23.9 Å². The van der Waals surface area contributed by atoms with Crippen molar-refractivity contribution >= 4 is 34.1 Å². The molecular formula is C33H33NO6. The van der Waals surface area contributed by atoms with E-state index in [0.29, 0.717) is 16.6 Å². The molecule has 1 amide bonds. The smallest absolute Gasteiger partial charge is 0.343 e. The Balaban J connectivity index is 1.60. The molecule has 4 aromatic rings. The first-order valence-corrected chi connectivity index (χ1v) is 13.4. The van der Waals surface area contributed by atoms with E-state index in [1.807, 2.05) is 45.9 Å². The number of carbonyl (C=O) groups is 3. The summed E-state index contributed by atoms with van der Waals surface area (Å²) in [6.45, 7) is 8.01. The quantitative estimate of drug-likeness (QED) is 0.136. The molecule has 7 nitrogen and oxygen atoms in total. The number of fused-ring (bicyclic) bond motifs is 1. The zero-order chi connectivity index (χ0) is 29.0. The van der Waals surface area contributed by atoms with Crippen molar-refractivity contribution in [1.29, 1.82) is 0 Å². The lowest BCUT2D eigenvalue weighted by Crippen LogP contribution is -2.27. The maximum Gasteiger partial charge on any atom is 0.343 e. The highest BCUT2D eigenvalue weighted by molar-refractivity contribution is 6.43. The number of Topliss-reactive ketones (excluding diaryl/α,β-unsaturated/α-hetero) is 2. The lowest BCUT2D eigenvalue weighted by Gasteiger charge is -2.20. The summed E-state index contributed by atoms with van der Waals surface area (Å²) in [5.41, 5.74) is 2.39. The van der Waals surface area contributed by atoms with Crippen molar-refractivity contribution in [2.24, 2.45) is 0 Å². The van der Waals surface area contributed by atoms with Crippen LogP contribution >= 0.6 is 0 Å². The Morgan fingerprint density at radius 1 is 0.825 bits per heavy atom. The summed E-state index contributed by atoms with van der Waals surface area (Å²) < 4.78 is 5.45. The Bertz CT molecular complexity index is 1590. The second kappa shape index (κ2) is 12.1. The van der Waals surface area contributed by atoms with Crippen molar-refractivity contribution in [3.63, 3.8) is 0 Å². The molecule has 0 aliphatic rings. The monoisotopic (exact) mass is 539 g/mol. The lowest BCUT2D eigenvalue weighted by molar-refractivity contribution is -0.137. The number of nitrogens with one attached hydrogen (secondary N) is 1. The highest BCUT2D eigenvalue weighted by Gasteiger charge is 2.29. The summed E-state index contributed by atoms with van der Waals surface area (Å²) >= 11 is 0. The van der Waals surface area contributed by atoms with E-state index in [-0.39, 0.29) is 35.2 Å². The average molecular weight is 540 g/mol. The largest absolute Gasteiger partial charge is 0.507 e. The summed E-state index contributed by atoms with van der Waals surface area (Å²) in [5.74, 6) is -3.21. The number of aromatic hydroxyl groups is 1. The van der Waals surface area contributed by atoms with E-state index in [2.05, 4.69) is 5.32 Å². The molecule has 1 heterocycles. The summed E-state index contributed by atoms with van der Waals surface area (Å²) in [4.78, 5) is 52.1. The fourth-order valence-electron chi connectivity index (χ4n) is 4.96. The summed E-state index contributed by atoms with van der Waals surface area (Å²) in [6.07, 6.45) is -0.921. The van der Waals surface area contributed by atoms with Gasteiger partial charge in [-0.25, -0.2) is 4.79 Å². The SMILES string of the molecule is CC(C)c1cccc(C(C)C)c1NC(=O)C(=O)CC(=O)CC(c1ccccc1)c1c(O)c2ccccc2oc1=O. The van der Waals surface area contributed by atoms with Crippen molar-refractivity contribution in [3.8, 4) is 5.75 Å². The van der Waals surface area contributed by atoms with Gasteiger partial charge in [-0.2, -0.15) is 0 Å². The zero-order valence-electron chi connectivity index (χ0n) is 23.1. The topological polar surface area (TPSA) is 114 Å². The molecule has 0 aliphatic carbocycles. The van der Waals surface area contributed by atoms with Gasteiger partial charge in [-0.1, -0.05) is 88.4 Å². The molecular weight excluding hydrogens is 506 g/mol. The van der Waals surface area contributed by atoms with E-state index >= 15 is 0 Å². The minimum atomic E-state index is -0.875. The van der Waals surface area contributed by atoms with Crippen molar-refractivity contribution in [3.05, 3.63) is 105 Å². The molecule has 0 fully saturated rings. The highest BCUT2D eigenvalue weighted by Crippen LogP contribution is 2.36. The van der Waals surface area contributed by atoms with Gasteiger partial charge in [0.2, 0.25) is 5.78 Å². The van der Waals surface area contributed by atoms with Crippen LogP contribution in [0.15, 0.2) is 82.0 Å². The van der Waals surface area contributed by atoms with E-state index in [9.17, 15) is 24.3 Å². The Morgan fingerprint density at radius 2 is 1.43 bits per heavy atom. The molecule has 2 N–H and O–H groups in total. The molecule has 1 aromatic heterocycles. The lowest BCUT2D eigenvalue weighted by atomic mass is 9.86. The summed E-state index contributed by atoms with van der Waals surface area (Å²) in [7, 11) is 0. The third-order valence-corrected chi connectivity index (χ3v) is 7.02. The molecule has 4 rings (SSSR count). The molecule has 0 spiro atoms. The number of rotatable bonds is 10.